The molecule has 0 aliphatic rings. The third-order valence-corrected chi connectivity index (χ3v) is 1.95. The van der Waals surface area contributed by atoms with Crippen molar-refractivity contribution in [1.82, 2.24) is 10.6 Å². The first-order valence-corrected chi connectivity index (χ1v) is 4.55. The van der Waals surface area contributed by atoms with Gasteiger partial charge in [-0.05, 0) is 6.07 Å². The van der Waals surface area contributed by atoms with Crippen LogP contribution in [0, 0.1) is 0 Å². The summed E-state index contributed by atoms with van der Waals surface area (Å²) in [6.07, 6.45) is 0. The highest BCUT2D eigenvalue weighted by Crippen LogP contribution is 2.21. The summed E-state index contributed by atoms with van der Waals surface area (Å²) < 4.78 is 0. The van der Waals surface area contributed by atoms with E-state index in [1.807, 2.05) is 0 Å². The Bertz CT molecular complexity index is 353. The Morgan fingerprint density at radius 1 is 1.40 bits per heavy atom. The molecule has 0 heterocycles. The summed E-state index contributed by atoms with van der Waals surface area (Å²) in [6, 6.07) is 4.34. The number of carbonyl (C=O) groups is 1. The van der Waals surface area contributed by atoms with E-state index < -0.39 is 0 Å². The first kappa shape index (κ1) is 11.3. The van der Waals surface area contributed by atoms with E-state index in [1.54, 1.807) is 13.1 Å². The van der Waals surface area contributed by atoms with Crippen LogP contribution in [0.2, 0.25) is 0 Å². The zero-order valence-corrected chi connectivity index (χ0v) is 8.45. The van der Waals surface area contributed by atoms with E-state index in [0.29, 0.717) is 12.1 Å². The standard InChI is InChI=1S/C10H14N2O3/c1-11-10(15)6-12-5-7-2-3-8(13)4-9(7)14/h2-4,12-14H,5-6H2,1H3,(H,11,15). The number of phenols is 2. The lowest BCUT2D eigenvalue weighted by Gasteiger charge is -2.06. The van der Waals surface area contributed by atoms with Gasteiger partial charge in [-0.25, -0.2) is 0 Å². The van der Waals surface area contributed by atoms with Crippen molar-refractivity contribution >= 4 is 5.91 Å². The molecule has 0 atom stereocenters. The summed E-state index contributed by atoms with van der Waals surface area (Å²) >= 11 is 0. The molecule has 0 aliphatic carbocycles. The van der Waals surface area contributed by atoms with Crippen molar-refractivity contribution in [1.29, 1.82) is 0 Å². The van der Waals surface area contributed by atoms with E-state index in [1.165, 1.54) is 12.1 Å². The normalized spacial score (nSPS) is 9.93. The van der Waals surface area contributed by atoms with Crippen LogP contribution in [0.25, 0.3) is 0 Å². The van der Waals surface area contributed by atoms with E-state index in [2.05, 4.69) is 10.6 Å². The highest BCUT2D eigenvalue weighted by Gasteiger charge is 2.02. The van der Waals surface area contributed by atoms with Crippen LogP contribution >= 0.6 is 0 Å². The van der Waals surface area contributed by atoms with Crippen LogP contribution < -0.4 is 10.6 Å². The van der Waals surface area contributed by atoms with Gasteiger partial charge in [0.1, 0.15) is 11.5 Å². The zero-order chi connectivity index (χ0) is 11.3. The summed E-state index contributed by atoms with van der Waals surface area (Å²) in [6.45, 7) is 0.566. The fourth-order valence-corrected chi connectivity index (χ4v) is 1.10. The van der Waals surface area contributed by atoms with Crippen LogP contribution in [0.15, 0.2) is 18.2 Å². The number of phenolic OH excluding ortho intramolecular Hbond substituents is 2. The molecular formula is C10H14N2O3. The highest BCUT2D eigenvalue weighted by molar-refractivity contribution is 5.77. The second-order valence-corrected chi connectivity index (χ2v) is 3.09. The van der Waals surface area contributed by atoms with Gasteiger partial charge >= 0.3 is 0 Å². The second kappa shape index (κ2) is 5.21. The zero-order valence-electron chi connectivity index (χ0n) is 8.45. The number of hydrogen-bond acceptors (Lipinski definition) is 4. The fourth-order valence-electron chi connectivity index (χ4n) is 1.10. The molecule has 1 aromatic rings. The van der Waals surface area contributed by atoms with Crippen molar-refractivity contribution < 1.29 is 15.0 Å². The van der Waals surface area contributed by atoms with E-state index in [4.69, 9.17) is 5.11 Å². The minimum absolute atomic E-state index is 0.0133. The molecule has 0 saturated carbocycles. The molecule has 15 heavy (non-hydrogen) atoms. The Labute approximate surface area is 87.7 Å². The predicted octanol–water partition coefficient (Wildman–Crippen LogP) is -0.0666. The lowest BCUT2D eigenvalue weighted by molar-refractivity contribution is -0.119. The molecule has 1 rings (SSSR count). The van der Waals surface area contributed by atoms with Crippen molar-refractivity contribution in [3.63, 3.8) is 0 Å². The maximum atomic E-state index is 10.9. The monoisotopic (exact) mass is 210 g/mol. The van der Waals surface area contributed by atoms with Gasteiger partial charge in [-0.1, -0.05) is 6.07 Å². The molecule has 5 heteroatoms. The summed E-state index contributed by atoms with van der Waals surface area (Å²) in [5.41, 5.74) is 0.636. The van der Waals surface area contributed by atoms with E-state index in [0.717, 1.165) is 0 Å². The van der Waals surface area contributed by atoms with E-state index in [9.17, 15) is 9.90 Å². The molecule has 0 aliphatic heterocycles. The summed E-state index contributed by atoms with van der Waals surface area (Å²) in [7, 11) is 1.56. The van der Waals surface area contributed by atoms with Gasteiger partial charge in [-0.2, -0.15) is 0 Å². The van der Waals surface area contributed by atoms with Gasteiger partial charge in [0.2, 0.25) is 5.91 Å². The Balaban J connectivity index is 2.47. The molecule has 0 saturated heterocycles. The van der Waals surface area contributed by atoms with Crippen molar-refractivity contribution in [3.05, 3.63) is 23.8 Å². The molecule has 0 bridgehead atoms. The quantitative estimate of drug-likeness (QED) is 0.561. The number of benzene rings is 1. The van der Waals surface area contributed by atoms with Crippen LogP contribution in [0.5, 0.6) is 11.5 Å². The molecule has 0 unspecified atom stereocenters. The Morgan fingerprint density at radius 3 is 2.73 bits per heavy atom. The van der Waals surface area contributed by atoms with Gasteiger partial charge in [0, 0.05) is 25.2 Å². The minimum atomic E-state index is -0.117. The molecule has 0 fully saturated rings. The van der Waals surface area contributed by atoms with Gasteiger partial charge in [0.15, 0.2) is 0 Å². The van der Waals surface area contributed by atoms with Crippen molar-refractivity contribution in [3.8, 4) is 11.5 Å². The third kappa shape index (κ3) is 3.47. The molecular weight excluding hydrogens is 196 g/mol. The number of hydrogen-bond donors (Lipinski definition) is 4. The molecule has 0 radical (unpaired) electrons. The van der Waals surface area contributed by atoms with Gasteiger partial charge in [-0.15, -0.1) is 0 Å². The third-order valence-electron chi connectivity index (χ3n) is 1.95. The van der Waals surface area contributed by atoms with Gasteiger partial charge in [-0.3, -0.25) is 4.79 Å². The van der Waals surface area contributed by atoms with Crippen molar-refractivity contribution in [2.75, 3.05) is 13.6 Å². The minimum Gasteiger partial charge on any atom is -0.508 e. The first-order valence-electron chi connectivity index (χ1n) is 4.55. The van der Waals surface area contributed by atoms with E-state index in [-0.39, 0.29) is 24.0 Å². The second-order valence-electron chi connectivity index (χ2n) is 3.09. The van der Waals surface area contributed by atoms with Gasteiger partial charge in [0.25, 0.3) is 0 Å². The van der Waals surface area contributed by atoms with Crippen molar-refractivity contribution in [2.45, 2.75) is 6.54 Å². The predicted molar refractivity (Wildman–Crippen MR) is 55.5 cm³/mol. The molecule has 0 aromatic heterocycles. The van der Waals surface area contributed by atoms with Crippen LogP contribution in [-0.2, 0) is 11.3 Å². The van der Waals surface area contributed by atoms with Crippen LogP contribution in [-0.4, -0.2) is 29.7 Å². The SMILES string of the molecule is CNC(=O)CNCc1ccc(O)cc1O. The number of amides is 1. The maximum absolute atomic E-state index is 10.9. The number of nitrogens with one attached hydrogen (secondary N) is 2. The largest absolute Gasteiger partial charge is 0.508 e. The number of likely N-dealkylation sites (N-methyl/N-ethyl adjacent to an activating group) is 1. The first-order chi connectivity index (χ1) is 7.13. The smallest absolute Gasteiger partial charge is 0.233 e. The van der Waals surface area contributed by atoms with E-state index >= 15 is 0 Å². The lowest BCUT2D eigenvalue weighted by atomic mass is 10.2. The van der Waals surface area contributed by atoms with Gasteiger partial charge in [0.05, 0.1) is 6.54 Å². The number of aromatic hydroxyl groups is 2. The molecule has 5 nitrogen and oxygen atoms in total. The molecule has 1 amide bonds. The lowest BCUT2D eigenvalue weighted by Crippen LogP contribution is -2.30. The Morgan fingerprint density at radius 2 is 2.13 bits per heavy atom. The molecule has 1 aromatic carbocycles. The number of rotatable bonds is 4. The maximum Gasteiger partial charge on any atom is 0.233 e. The average Bonchev–Trinajstić information content (AvgIpc) is 2.21. The van der Waals surface area contributed by atoms with Crippen LogP contribution in [0.4, 0.5) is 0 Å². The summed E-state index contributed by atoms with van der Waals surface area (Å²) in [5.74, 6) is -0.0878. The van der Waals surface area contributed by atoms with Crippen LogP contribution in [0.3, 0.4) is 0 Å². The van der Waals surface area contributed by atoms with Gasteiger partial charge < -0.3 is 20.8 Å². The van der Waals surface area contributed by atoms with Crippen LogP contribution in [0.1, 0.15) is 5.56 Å². The Hall–Kier alpha value is -1.75. The molecule has 82 valence electrons. The Kier molecular flexibility index (Phi) is 3.93. The van der Waals surface area contributed by atoms with Crippen molar-refractivity contribution in [2.24, 2.45) is 0 Å². The fraction of sp³-hybridized carbons (Fsp3) is 0.300. The summed E-state index contributed by atoms with van der Waals surface area (Å²) in [4.78, 5) is 10.9. The topological polar surface area (TPSA) is 81.6 Å². The highest BCUT2D eigenvalue weighted by atomic mass is 16.3. The molecule has 0 spiro atoms. The summed E-state index contributed by atoms with van der Waals surface area (Å²) in [5, 5.41) is 23.8. The number of carbonyl (C=O) groups excluding carboxylic acids is 1. The average molecular weight is 210 g/mol. The molecule has 4 N–H and O–H groups in total.